The summed E-state index contributed by atoms with van der Waals surface area (Å²) >= 11 is 0. The summed E-state index contributed by atoms with van der Waals surface area (Å²) in [6, 6.07) is 10.5. The molecule has 0 unspecified atom stereocenters. The lowest BCUT2D eigenvalue weighted by Gasteiger charge is -2.26. The second-order valence-electron chi connectivity index (χ2n) is 6.64. The number of carbonyl (C=O) groups is 2. The maximum absolute atomic E-state index is 12.5. The van der Waals surface area contributed by atoms with Crippen molar-refractivity contribution in [3.63, 3.8) is 0 Å². The van der Waals surface area contributed by atoms with Crippen molar-refractivity contribution in [2.24, 2.45) is 5.73 Å². The van der Waals surface area contributed by atoms with E-state index in [0.29, 0.717) is 36.5 Å². The summed E-state index contributed by atoms with van der Waals surface area (Å²) in [5.41, 5.74) is 6.53. The van der Waals surface area contributed by atoms with Gasteiger partial charge in [-0.25, -0.2) is 0 Å². The van der Waals surface area contributed by atoms with Gasteiger partial charge in [-0.2, -0.15) is 0 Å². The Morgan fingerprint density at radius 3 is 2.33 bits per heavy atom. The minimum absolute atomic E-state index is 0.0179. The highest BCUT2D eigenvalue weighted by Crippen LogP contribution is 2.29. The first-order chi connectivity index (χ1) is 13.0. The number of rotatable bonds is 7. The average molecular weight is 369 g/mol. The maximum atomic E-state index is 12.5. The van der Waals surface area contributed by atoms with Crippen LogP contribution in [0.25, 0.3) is 11.3 Å². The van der Waals surface area contributed by atoms with E-state index in [0.717, 1.165) is 18.4 Å². The molecule has 1 heterocycles. The largest absolute Gasteiger partial charge is 0.395 e. The zero-order valence-electron chi connectivity index (χ0n) is 14.9. The number of benzene rings is 1. The zero-order chi connectivity index (χ0) is 19.3. The smallest absolute Gasteiger partial charge is 0.252 e. The minimum Gasteiger partial charge on any atom is -0.395 e. The van der Waals surface area contributed by atoms with Crippen molar-refractivity contribution in [2.45, 2.75) is 31.2 Å². The van der Waals surface area contributed by atoms with Gasteiger partial charge in [0.15, 0.2) is 0 Å². The van der Waals surface area contributed by atoms with Gasteiger partial charge < -0.3 is 21.5 Å². The summed E-state index contributed by atoms with van der Waals surface area (Å²) in [5.74, 6) is -0.205. The molecule has 8 nitrogen and oxygen atoms in total. The van der Waals surface area contributed by atoms with E-state index in [-0.39, 0.29) is 12.5 Å². The third kappa shape index (κ3) is 4.22. The molecule has 1 fully saturated rings. The van der Waals surface area contributed by atoms with Gasteiger partial charge in [-0.15, -0.1) is 10.2 Å². The number of aliphatic hydroxyl groups excluding tert-OH is 1. The molecule has 1 saturated carbocycles. The monoisotopic (exact) mass is 369 g/mol. The number of aromatic nitrogens is 2. The molecule has 1 aliphatic carbocycles. The van der Waals surface area contributed by atoms with Gasteiger partial charge in [-0.1, -0.05) is 25.0 Å². The summed E-state index contributed by atoms with van der Waals surface area (Å²) in [7, 11) is 0. The van der Waals surface area contributed by atoms with Crippen LogP contribution in [0.1, 0.15) is 36.0 Å². The molecule has 1 aromatic heterocycles. The van der Waals surface area contributed by atoms with Crippen molar-refractivity contribution >= 4 is 17.6 Å². The minimum atomic E-state index is -0.932. The lowest BCUT2D eigenvalue weighted by atomic mass is 9.96. The Hall–Kier alpha value is -3.00. The van der Waals surface area contributed by atoms with E-state index < -0.39 is 11.4 Å². The summed E-state index contributed by atoms with van der Waals surface area (Å²) in [5, 5.41) is 22.7. The van der Waals surface area contributed by atoms with Gasteiger partial charge >= 0.3 is 0 Å². The number of nitrogens with one attached hydrogen (secondary N) is 2. The number of anilines is 1. The zero-order valence-corrected chi connectivity index (χ0v) is 14.9. The van der Waals surface area contributed by atoms with Crippen molar-refractivity contribution in [1.29, 1.82) is 0 Å². The van der Waals surface area contributed by atoms with Crippen LogP contribution in [0.15, 0.2) is 36.4 Å². The van der Waals surface area contributed by atoms with Crippen LogP contribution < -0.4 is 16.4 Å². The maximum Gasteiger partial charge on any atom is 0.252 e. The Kier molecular flexibility index (Phi) is 5.66. The molecule has 2 amide bonds. The van der Waals surface area contributed by atoms with Gasteiger partial charge in [0.25, 0.3) is 5.91 Å². The molecule has 5 N–H and O–H groups in total. The van der Waals surface area contributed by atoms with Gasteiger partial charge in [-0.3, -0.25) is 9.59 Å². The highest BCUT2D eigenvalue weighted by Gasteiger charge is 2.40. The number of hydrogen-bond acceptors (Lipinski definition) is 6. The van der Waals surface area contributed by atoms with Crippen molar-refractivity contribution in [3.05, 3.63) is 42.0 Å². The third-order valence-corrected chi connectivity index (χ3v) is 4.81. The van der Waals surface area contributed by atoms with Gasteiger partial charge in [0, 0.05) is 17.7 Å². The molecule has 0 saturated heterocycles. The van der Waals surface area contributed by atoms with Crippen molar-refractivity contribution in [3.8, 4) is 11.3 Å². The lowest BCUT2D eigenvalue weighted by Crippen LogP contribution is -2.55. The molecule has 0 spiro atoms. The standard InChI is InChI=1S/C19H23N5O3/c20-18(27)19(9-1-2-10-19)22-17(26)14-5-3-13(4-6-14)15-7-8-16(24-23-15)21-11-12-25/h3-8,25H,1-2,9-12H2,(H2,20,27)(H,21,24)(H,22,26). The normalized spacial score (nSPS) is 15.3. The van der Waals surface area contributed by atoms with E-state index >= 15 is 0 Å². The van der Waals surface area contributed by atoms with Crippen LogP contribution in [0.5, 0.6) is 0 Å². The summed E-state index contributed by atoms with van der Waals surface area (Å²) < 4.78 is 0. The number of hydrogen-bond donors (Lipinski definition) is 4. The fraction of sp³-hybridized carbons (Fsp3) is 0.368. The number of carbonyl (C=O) groups excluding carboxylic acids is 2. The van der Waals surface area contributed by atoms with Gasteiger partial charge in [0.05, 0.1) is 12.3 Å². The highest BCUT2D eigenvalue weighted by molar-refractivity contribution is 5.99. The fourth-order valence-electron chi connectivity index (χ4n) is 3.26. The fourth-order valence-corrected chi connectivity index (χ4v) is 3.26. The summed E-state index contributed by atoms with van der Waals surface area (Å²) in [6.07, 6.45) is 2.92. The van der Waals surface area contributed by atoms with E-state index in [4.69, 9.17) is 10.8 Å². The van der Waals surface area contributed by atoms with E-state index in [1.54, 1.807) is 30.3 Å². The Labute approximate surface area is 157 Å². The molecular weight excluding hydrogens is 346 g/mol. The topological polar surface area (TPSA) is 130 Å². The van der Waals surface area contributed by atoms with Crippen molar-refractivity contribution in [2.75, 3.05) is 18.5 Å². The van der Waals surface area contributed by atoms with E-state index in [9.17, 15) is 9.59 Å². The van der Waals surface area contributed by atoms with Gasteiger partial charge in [-0.05, 0) is 37.1 Å². The predicted octanol–water partition coefficient (Wildman–Crippen LogP) is 1.08. The Morgan fingerprint density at radius 1 is 1.07 bits per heavy atom. The number of nitrogens with zero attached hydrogens (tertiary/aromatic N) is 2. The van der Waals surface area contributed by atoms with Crippen LogP contribution >= 0.6 is 0 Å². The molecule has 27 heavy (non-hydrogen) atoms. The summed E-state index contributed by atoms with van der Waals surface area (Å²) in [4.78, 5) is 24.3. The van der Waals surface area contributed by atoms with Crippen molar-refractivity contribution in [1.82, 2.24) is 15.5 Å². The molecule has 142 valence electrons. The Balaban J connectivity index is 1.69. The molecule has 1 aromatic carbocycles. The molecule has 0 aliphatic heterocycles. The third-order valence-electron chi connectivity index (χ3n) is 4.81. The Bertz CT molecular complexity index is 799. The molecule has 3 rings (SSSR count). The predicted molar refractivity (Wildman–Crippen MR) is 101 cm³/mol. The molecule has 2 aromatic rings. The van der Waals surface area contributed by atoms with E-state index in [1.807, 2.05) is 6.07 Å². The molecule has 0 bridgehead atoms. The second kappa shape index (κ2) is 8.13. The SMILES string of the molecule is NC(=O)C1(NC(=O)c2ccc(-c3ccc(NCCO)nn3)cc2)CCCC1. The van der Waals surface area contributed by atoms with Gasteiger partial charge in [0.2, 0.25) is 5.91 Å². The first kappa shape index (κ1) is 18.8. The highest BCUT2D eigenvalue weighted by atomic mass is 16.3. The number of aliphatic hydroxyl groups is 1. The van der Waals surface area contributed by atoms with E-state index in [2.05, 4.69) is 20.8 Å². The molecule has 8 heteroatoms. The van der Waals surface area contributed by atoms with E-state index in [1.165, 1.54) is 0 Å². The first-order valence-electron chi connectivity index (χ1n) is 8.95. The lowest BCUT2D eigenvalue weighted by molar-refractivity contribution is -0.123. The first-order valence-corrected chi connectivity index (χ1v) is 8.95. The Morgan fingerprint density at radius 2 is 1.78 bits per heavy atom. The number of amides is 2. The average Bonchev–Trinajstić information content (AvgIpc) is 3.17. The van der Waals surface area contributed by atoms with Crippen LogP contribution in [0, 0.1) is 0 Å². The van der Waals surface area contributed by atoms with Crippen molar-refractivity contribution < 1.29 is 14.7 Å². The van der Waals surface area contributed by atoms with Crippen LogP contribution in [0.2, 0.25) is 0 Å². The van der Waals surface area contributed by atoms with Crippen LogP contribution in [-0.4, -0.2) is 45.8 Å². The van der Waals surface area contributed by atoms with Crippen LogP contribution in [0.4, 0.5) is 5.82 Å². The molecule has 0 radical (unpaired) electrons. The number of primary amides is 1. The van der Waals surface area contributed by atoms with Crippen LogP contribution in [-0.2, 0) is 4.79 Å². The number of nitrogens with two attached hydrogens (primary N) is 1. The molecular formula is C19H23N5O3. The summed E-state index contributed by atoms with van der Waals surface area (Å²) in [6.45, 7) is 0.425. The van der Waals surface area contributed by atoms with Crippen LogP contribution in [0.3, 0.4) is 0 Å². The molecule has 0 atom stereocenters. The second-order valence-corrected chi connectivity index (χ2v) is 6.64. The quantitative estimate of drug-likeness (QED) is 0.578. The molecule has 1 aliphatic rings. The van der Waals surface area contributed by atoms with Gasteiger partial charge in [0.1, 0.15) is 11.4 Å².